The molecule has 2 amide bonds. The van der Waals surface area contributed by atoms with Crippen LogP contribution in [-0.4, -0.2) is 39.4 Å². The van der Waals surface area contributed by atoms with E-state index in [0.29, 0.717) is 38.7 Å². The number of amides is 2. The smallest absolute Gasteiger partial charge is 0.263 e. The van der Waals surface area contributed by atoms with Gasteiger partial charge in [0.25, 0.3) is 17.4 Å². The third kappa shape index (κ3) is 5.62. The van der Waals surface area contributed by atoms with Gasteiger partial charge in [-0.3, -0.25) is 14.4 Å². The van der Waals surface area contributed by atoms with E-state index in [1.165, 1.54) is 23.7 Å². The first kappa shape index (κ1) is 29.3. The van der Waals surface area contributed by atoms with Crippen molar-refractivity contribution in [2.45, 2.75) is 38.9 Å². The van der Waals surface area contributed by atoms with Crippen molar-refractivity contribution in [1.82, 2.24) is 19.8 Å². The van der Waals surface area contributed by atoms with Gasteiger partial charge in [0.05, 0.1) is 34.0 Å². The van der Waals surface area contributed by atoms with Crippen LogP contribution in [0.2, 0.25) is 10.0 Å². The van der Waals surface area contributed by atoms with Gasteiger partial charge in [-0.15, -0.1) is 0 Å². The SMILES string of the molecule is CNC(=O)c1ccc(-n2c(N[C@@H](C)c3ccccc3F)nc3c(c2=O)C[C@@H](C)N(C(=O)c2ccc(Cl)c(Cl)c2)C3)cc1. The van der Waals surface area contributed by atoms with E-state index in [0.717, 1.165) is 0 Å². The Bertz CT molecular complexity index is 1740. The van der Waals surface area contributed by atoms with Crippen molar-refractivity contribution < 1.29 is 14.0 Å². The highest BCUT2D eigenvalue weighted by atomic mass is 35.5. The third-order valence-corrected chi connectivity index (χ3v) is 8.11. The second-order valence-corrected chi connectivity index (χ2v) is 10.9. The molecule has 2 atom stereocenters. The largest absolute Gasteiger partial charge is 0.355 e. The number of hydrogen-bond acceptors (Lipinski definition) is 5. The van der Waals surface area contributed by atoms with Gasteiger partial charge in [0.15, 0.2) is 0 Å². The van der Waals surface area contributed by atoms with Crippen LogP contribution in [0, 0.1) is 5.82 Å². The summed E-state index contributed by atoms with van der Waals surface area (Å²) in [6.07, 6.45) is 0.272. The standard InChI is InChI=1S/C31H28Cl2FN5O3/c1-17-14-23-27(16-38(17)29(41)20-10-13-24(32)25(33)15-20)37-31(36-18(2)22-6-4-5-7-26(22)34)39(30(23)42)21-11-8-19(9-12-21)28(40)35-3/h4-13,15,17-18H,14,16H2,1-3H3,(H,35,40)(H,36,37)/t17-,18+/m1/s1. The van der Waals surface area contributed by atoms with Gasteiger partial charge in [0.1, 0.15) is 5.82 Å². The minimum Gasteiger partial charge on any atom is -0.355 e. The van der Waals surface area contributed by atoms with E-state index >= 15 is 0 Å². The molecule has 0 fully saturated rings. The Morgan fingerprint density at radius 2 is 1.71 bits per heavy atom. The Hall–Kier alpha value is -4.21. The molecule has 42 heavy (non-hydrogen) atoms. The number of hydrogen-bond donors (Lipinski definition) is 2. The summed E-state index contributed by atoms with van der Waals surface area (Å²) in [4.78, 5) is 46.1. The van der Waals surface area contributed by atoms with Crippen molar-refractivity contribution >= 4 is 41.0 Å². The number of nitrogens with zero attached hydrogens (tertiary/aromatic N) is 3. The Kier molecular flexibility index (Phi) is 8.34. The fraction of sp³-hybridized carbons (Fsp3) is 0.226. The van der Waals surface area contributed by atoms with Gasteiger partial charge < -0.3 is 15.5 Å². The fourth-order valence-electron chi connectivity index (χ4n) is 5.07. The maximum atomic E-state index is 14.6. The molecule has 8 nitrogen and oxygen atoms in total. The van der Waals surface area contributed by atoms with Gasteiger partial charge >= 0.3 is 0 Å². The Labute approximate surface area is 252 Å². The third-order valence-electron chi connectivity index (χ3n) is 7.37. The summed E-state index contributed by atoms with van der Waals surface area (Å²) in [5.41, 5.74) is 2.28. The molecule has 1 aromatic heterocycles. The maximum absolute atomic E-state index is 14.6. The summed E-state index contributed by atoms with van der Waals surface area (Å²) >= 11 is 12.2. The van der Waals surface area contributed by atoms with Gasteiger partial charge in [0, 0.05) is 35.3 Å². The van der Waals surface area contributed by atoms with E-state index in [9.17, 15) is 18.8 Å². The highest BCUT2D eigenvalue weighted by Crippen LogP contribution is 2.29. The minimum absolute atomic E-state index is 0.0873. The maximum Gasteiger partial charge on any atom is 0.263 e. The van der Waals surface area contributed by atoms with Gasteiger partial charge in [0.2, 0.25) is 5.95 Å². The van der Waals surface area contributed by atoms with Gasteiger partial charge in [-0.25, -0.2) is 13.9 Å². The first-order valence-electron chi connectivity index (χ1n) is 13.3. The summed E-state index contributed by atoms with van der Waals surface area (Å²) in [7, 11) is 1.54. The molecule has 0 saturated heterocycles. The zero-order valence-corrected chi connectivity index (χ0v) is 24.6. The van der Waals surface area contributed by atoms with Crippen LogP contribution in [0.3, 0.4) is 0 Å². The number of fused-ring (bicyclic) bond motifs is 1. The molecule has 11 heteroatoms. The lowest BCUT2D eigenvalue weighted by Gasteiger charge is -2.35. The first-order chi connectivity index (χ1) is 20.1. The molecule has 216 valence electrons. The molecule has 5 rings (SSSR count). The molecule has 0 saturated carbocycles. The molecule has 2 N–H and O–H groups in total. The molecule has 0 radical (unpaired) electrons. The van der Waals surface area contributed by atoms with Crippen molar-refractivity contribution in [2.75, 3.05) is 12.4 Å². The van der Waals surface area contributed by atoms with E-state index in [1.54, 1.807) is 66.4 Å². The van der Waals surface area contributed by atoms with E-state index < -0.39 is 11.9 Å². The second-order valence-electron chi connectivity index (χ2n) is 10.1. The van der Waals surface area contributed by atoms with Crippen molar-refractivity contribution in [3.05, 3.63) is 121 Å². The Morgan fingerprint density at radius 3 is 2.38 bits per heavy atom. The quantitative estimate of drug-likeness (QED) is 0.289. The van der Waals surface area contributed by atoms with Crippen molar-refractivity contribution in [2.24, 2.45) is 0 Å². The number of anilines is 1. The van der Waals surface area contributed by atoms with Gasteiger partial charge in [-0.2, -0.15) is 0 Å². The van der Waals surface area contributed by atoms with Crippen LogP contribution in [0.25, 0.3) is 5.69 Å². The molecule has 1 aliphatic rings. The molecule has 0 bridgehead atoms. The number of nitrogens with one attached hydrogen (secondary N) is 2. The van der Waals surface area contributed by atoms with Gasteiger partial charge in [-0.1, -0.05) is 41.4 Å². The molecular formula is C31H28Cl2FN5O3. The van der Waals surface area contributed by atoms with Crippen LogP contribution in [0.15, 0.2) is 71.5 Å². The number of carbonyl (C=O) groups is 2. The lowest BCUT2D eigenvalue weighted by atomic mass is 9.98. The molecule has 3 aromatic carbocycles. The Balaban J connectivity index is 1.58. The number of benzene rings is 3. The van der Waals surface area contributed by atoms with Crippen LogP contribution in [0.4, 0.5) is 10.3 Å². The lowest BCUT2D eigenvalue weighted by molar-refractivity contribution is 0.0653. The summed E-state index contributed by atoms with van der Waals surface area (Å²) in [6, 6.07) is 16.7. The monoisotopic (exact) mass is 607 g/mol. The van der Waals surface area contributed by atoms with Crippen LogP contribution in [0.5, 0.6) is 0 Å². The van der Waals surface area contributed by atoms with Crippen LogP contribution in [-0.2, 0) is 13.0 Å². The summed E-state index contributed by atoms with van der Waals surface area (Å²) in [5, 5.41) is 6.39. The van der Waals surface area contributed by atoms with Crippen molar-refractivity contribution in [3.63, 3.8) is 0 Å². The summed E-state index contributed by atoms with van der Waals surface area (Å²) < 4.78 is 16.1. The molecular weight excluding hydrogens is 580 g/mol. The number of aromatic nitrogens is 2. The van der Waals surface area contributed by atoms with Gasteiger partial charge in [-0.05, 0) is 68.8 Å². The molecule has 0 spiro atoms. The fourth-order valence-corrected chi connectivity index (χ4v) is 5.36. The average molecular weight is 609 g/mol. The van der Waals surface area contributed by atoms with E-state index in [1.807, 2.05) is 6.92 Å². The zero-order chi connectivity index (χ0) is 30.1. The van der Waals surface area contributed by atoms with Crippen LogP contribution < -0.4 is 16.2 Å². The van der Waals surface area contributed by atoms with E-state index in [2.05, 4.69) is 10.6 Å². The predicted octanol–water partition coefficient (Wildman–Crippen LogP) is 5.80. The van der Waals surface area contributed by atoms with Crippen molar-refractivity contribution in [3.8, 4) is 5.69 Å². The first-order valence-corrected chi connectivity index (χ1v) is 14.1. The number of carbonyl (C=O) groups excluding carboxylic acids is 2. The Morgan fingerprint density at radius 1 is 1.02 bits per heavy atom. The molecule has 1 aliphatic heterocycles. The number of rotatable bonds is 6. The summed E-state index contributed by atoms with van der Waals surface area (Å²) in [5.74, 6) is -0.744. The molecule has 0 aliphatic carbocycles. The second kappa shape index (κ2) is 12.0. The van der Waals surface area contributed by atoms with Crippen LogP contribution >= 0.6 is 23.2 Å². The van der Waals surface area contributed by atoms with E-state index in [4.69, 9.17) is 28.2 Å². The van der Waals surface area contributed by atoms with Crippen LogP contribution in [0.1, 0.15) is 57.4 Å². The zero-order valence-electron chi connectivity index (χ0n) is 23.1. The van der Waals surface area contributed by atoms with E-state index in [-0.39, 0.29) is 47.4 Å². The lowest BCUT2D eigenvalue weighted by Crippen LogP contribution is -2.46. The molecule has 4 aromatic rings. The normalized spacial score (nSPS) is 15.1. The highest BCUT2D eigenvalue weighted by Gasteiger charge is 2.32. The predicted molar refractivity (Wildman–Crippen MR) is 161 cm³/mol. The minimum atomic E-state index is -0.552. The molecule has 0 unspecified atom stereocenters. The molecule has 2 heterocycles. The number of halogens is 3. The average Bonchev–Trinajstić information content (AvgIpc) is 2.98. The van der Waals surface area contributed by atoms with Crippen molar-refractivity contribution in [1.29, 1.82) is 0 Å². The highest BCUT2D eigenvalue weighted by molar-refractivity contribution is 6.42. The topological polar surface area (TPSA) is 96.3 Å². The summed E-state index contributed by atoms with van der Waals surface area (Å²) in [6.45, 7) is 3.72.